The lowest BCUT2D eigenvalue weighted by molar-refractivity contribution is -0.122. The van der Waals surface area contributed by atoms with Gasteiger partial charge in [0.1, 0.15) is 29.4 Å². The minimum atomic E-state index is -0.818. The summed E-state index contributed by atoms with van der Waals surface area (Å²) in [5.74, 6) is 0.0946. The van der Waals surface area contributed by atoms with Gasteiger partial charge < -0.3 is 14.2 Å². The molecule has 3 aromatic carbocycles. The Kier molecular flexibility index (Phi) is 8.20. The van der Waals surface area contributed by atoms with E-state index in [4.69, 9.17) is 14.2 Å². The van der Waals surface area contributed by atoms with Gasteiger partial charge in [-0.05, 0) is 54.5 Å². The van der Waals surface area contributed by atoms with Crippen LogP contribution >= 0.6 is 0 Å². The average Bonchev–Trinajstić information content (AvgIpc) is 2.91. The molecule has 1 saturated heterocycles. The molecule has 0 aromatic heterocycles. The number of nitrogens with zero attached hydrogens (tertiary/aromatic N) is 1. The fourth-order valence-electron chi connectivity index (χ4n) is 3.69. The zero-order chi connectivity index (χ0) is 26.2. The van der Waals surface area contributed by atoms with Crippen molar-refractivity contribution in [2.24, 2.45) is 0 Å². The lowest BCUT2D eigenvalue weighted by atomic mass is 10.1. The number of hydrogen-bond acceptors (Lipinski definition) is 6. The molecule has 37 heavy (non-hydrogen) atoms. The number of methoxy groups -OCH3 is 1. The van der Waals surface area contributed by atoms with Crippen molar-refractivity contribution >= 4 is 29.6 Å². The third-order valence-corrected chi connectivity index (χ3v) is 5.72. The van der Waals surface area contributed by atoms with E-state index in [1.54, 1.807) is 42.5 Å². The predicted octanol–water partition coefficient (Wildman–Crippen LogP) is 5.12. The highest BCUT2D eigenvalue weighted by Gasteiger charge is 2.37. The molecule has 0 unspecified atom stereocenters. The summed E-state index contributed by atoms with van der Waals surface area (Å²) >= 11 is 0. The monoisotopic (exact) mass is 500 g/mol. The fraction of sp³-hybridized carbons (Fsp3) is 0.207. The van der Waals surface area contributed by atoms with E-state index in [-0.39, 0.29) is 12.2 Å². The Morgan fingerprint density at radius 1 is 0.892 bits per heavy atom. The van der Waals surface area contributed by atoms with Gasteiger partial charge in [0.05, 0.1) is 19.4 Å². The van der Waals surface area contributed by atoms with Crippen LogP contribution in [0.15, 0.2) is 78.4 Å². The summed E-state index contributed by atoms with van der Waals surface area (Å²) in [6.45, 7) is 2.93. The Balaban J connectivity index is 1.61. The summed E-state index contributed by atoms with van der Waals surface area (Å²) in [5.41, 5.74) is 1.56. The van der Waals surface area contributed by atoms with Crippen molar-refractivity contribution in [2.45, 2.75) is 26.4 Å². The molecular formula is C29H28N2O6. The minimum absolute atomic E-state index is 0.197. The predicted molar refractivity (Wildman–Crippen MR) is 140 cm³/mol. The normalized spacial score (nSPS) is 14.5. The van der Waals surface area contributed by atoms with Crippen LogP contribution in [0.1, 0.15) is 30.9 Å². The number of urea groups is 1. The van der Waals surface area contributed by atoms with Gasteiger partial charge in [-0.15, -0.1) is 0 Å². The molecule has 0 saturated carbocycles. The average molecular weight is 501 g/mol. The molecule has 0 aliphatic carbocycles. The van der Waals surface area contributed by atoms with Gasteiger partial charge in [0.2, 0.25) is 0 Å². The number of unbranched alkanes of at least 4 members (excludes halogenated alkanes) is 1. The molecule has 8 nitrogen and oxygen atoms in total. The zero-order valence-corrected chi connectivity index (χ0v) is 20.7. The van der Waals surface area contributed by atoms with Gasteiger partial charge in [0, 0.05) is 11.6 Å². The summed E-state index contributed by atoms with van der Waals surface area (Å²) in [4.78, 5) is 39.5. The number of ether oxygens (including phenoxy) is 3. The van der Waals surface area contributed by atoms with Crippen LogP contribution in [0.5, 0.6) is 17.2 Å². The Labute approximate surface area is 215 Å². The van der Waals surface area contributed by atoms with Crippen LogP contribution in [0.2, 0.25) is 0 Å². The van der Waals surface area contributed by atoms with E-state index in [1.807, 2.05) is 30.3 Å². The van der Waals surface area contributed by atoms with Crippen LogP contribution in [-0.4, -0.2) is 31.6 Å². The quantitative estimate of drug-likeness (QED) is 0.236. The molecule has 0 atom stereocenters. The van der Waals surface area contributed by atoms with Crippen LogP contribution in [0, 0.1) is 0 Å². The second kappa shape index (κ2) is 11.9. The molecule has 0 spiro atoms. The summed E-state index contributed by atoms with van der Waals surface area (Å²) < 4.78 is 17.0. The maximum atomic E-state index is 13.3. The third-order valence-electron chi connectivity index (χ3n) is 5.72. The van der Waals surface area contributed by atoms with E-state index in [9.17, 15) is 14.4 Å². The van der Waals surface area contributed by atoms with Crippen molar-refractivity contribution in [3.05, 3.63) is 89.5 Å². The largest absolute Gasteiger partial charge is 0.497 e. The summed E-state index contributed by atoms with van der Waals surface area (Å²) in [7, 11) is 1.54. The highest BCUT2D eigenvalue weighted by atomic mass is 16.5. The Morgan fingerprint density at radius 2 is 1.62 bits per heavy atom. The van der Waals surface area contributed by atoms with E-state index < -0.39 is 17.8 Å². The minimum Gasteiger partial charge on any atom is -0.497 e. The Bertz CT molecular complexity index is 1300. The standard InChI is InChI=1S/C29H28N2O6/c1-3-4-16-36-23-14-11-22(12-15-23)31-28(33)25(27(32)30-29(31)34)17-21-10-13-24(35-2)18-26(21)37-19-20-8-6-5-7-9-20/h5-15,17-18H,3-4,16,19H2,1-2H3,(H,30,32,34)/b25-17-. The Hall–Kier alpha value is -4.59. The maximum absolute atomic E-state index is 13.3. The van der Waals surface area contributed by atoms with Gasteiger partial charge in [-0.2, -0.15) is 0 Å². The van der Waals surface area contributed by atoms with E-state index in [0.717, 1.165) is 23.3 Å². The first-order valence-corrected chi connectivity index (χ1v) is 12.0. The van der Waals surface area contributed by atoms with Gasteiger partial charge >= 0.3 is 6.03 Å². The van der Waals surface area contributed by atoms with Gasteiger partial charge in [-0.25, -0.2) is 9.69 Å². The second-order valence-electron chi connectivity index (χ2n) is 8.33. The molecule has 1 fully saturated rings. The van der Waals surface area contributed by atoms with Crippen molar-refractivity contribution in [2.75, 3.05) is 18.6 Å². The zero-order valence-electron chi connectivity index (χ0n) is 20.7. The lowest BCUT2D eigenvalue weighted by Gasteiger charge is -2.26. The van der Waals surface area contributed by atoms with Crippen molar-refractivity contribution in [1.82, 2.24) is 5.32 Å². The highest BCUT2D eigenvalue weighted by molar-refractivity contribution is 6.39. The number of hydrogen-bond donors (Lipinski definition) is 1. The van der Waals surface area contributed by atoms with Crippen LogP contribution in [0.25, 0.3) is 6.08 Å². The number of amides is 4. The maximum Gasteiger partial charge on any atom is 0.335 e. The van der Waals surface area contributed by atoms with Gasteiger partial charge in [0.15, 0.2) is 0 Å². The van der Waals surface area contributed by atoms with Gasteiger partial charge in [-0.1, -0.05) is 43.7 Å². The molecule has 3 aromatic rings. The SMILES string of the molecule is CCCCOc1ccc(N2C(=O)NC(=O)/C(=C/c3ccc(OC)cc3OCc3ccccc3)C2=O)cc1. The molecule has 4 amide bonds. The molecule has 1 heterocycles. The van der Waals surface area contributed by atoms with Crippen molar-refractivity contribution in [3.63, 3.8) is 0 Å². The van der Waals surface area contributed by atoms with Crippen LogP contribution in [0.3, 0.4) is 0 Å². The first-order valence-electron chi connectivity index (χ1n) is 12.0. The van der Waals surface area contributed by atoms with Crippen LogP contribution in [-0.2, 0) is 16.2 Å². The van der Waals surface area contributed by atoms with E-state index in [1.165, 1.54) is 13.2 Å². The number of rotatable bonds is 10. The van der Waals surface area contributed by atoms with E-state index in [0.29, 0.717) is 35.1 Å². The van der Waals surface area contributed by atoms with Crippen LogP contribution in [0.4, 0.5) is 10.5 Å². The van der Waals surface area contributed by atoms with Crippen molar-refractivity contribution in [1.29, 1.82) is 0 Å². The first-order chi connectivity index (χ1) is 18.0. The van der Waals surface area contributed by atoms with E-state index in [2.05, 4.69) is 12.2 Å². The number of benzene rings is 3. The van der Waals surface area contributed by atoms with Crippen molar-refractivity contribution < 1.29 is 28.6 Å². The number of carbonyl (C=O) groups excluding carboxylic acids is 3. The van der Waals surface area contributed by atoms with E-state index >= 15 is 0 Å². The summed E-state index contributed by atoms with van der Waals surface area (Å²) in [5, 5.41) is 2.25. The third kappa shape index (κ3) is 6.16. The number of imide groups is 2. The fourth-order valence-corrected chi connectivity index (χ4v) is 3.69. The molecule has 4 rings (SSSR count). The molecular weight excluding hydrogens is 472 g/mol. The highest BCUT2D eigenvalue weighted by Crippen LogP contribution is 2.30. The topological polar surface area (TPSA) is 94.2 Å². The number of carbonyl (C=O) groups is 3. The smallest absolute Gasteiger partial charge is 0.335 e. The number of barbiturate groups is 1. The molecule has 0 bridgehead atoms. The van der Waals surface area contributed by atoms with Gasteiger partial charge in [-0.3, -0.25) is 14.9 Å². The van der Waals surface area contributed by atoms with Crippen molar-refractivity contribution in [3.8, 4) is 17.2 Å². The summed E-state index contributed by atoms with van der Waals surface area (Å²) in [6.07, 6.45) is 3.35. The van der Waals surface area contributed by atoms with Gasteiger partial charge in [0.25, 0.3) is 11.8 Å². The first kappa shape index (κ1) is 25.5. The number of nitrogens with one attached hydrogen (secondary N) is 1. The molecule has 1 aliphatic heterocycles. The molecule has 190 valence electrons. The lowest BCUT2D eigenvalue weighted by Crippen LogP contribution is -2.54. The molecule has 0 radical (unpaired) electrons. The molecule has 1 N–H and O–H groups in total. The number of anilines is 1. The second-order valence-corrected chi connectivity index (χ2v) is 8.33. The molecule has 8 heteroatoms. The molecule has 1 aliphatic rings. The Morgan fingerprint density at radius 3 is 2.32 bits per heavy atom. The summed E-state index contributed by atoms with van der Waals surface area (Å²) in [6, 6.07) is 20.4. The van der Waals surface area contributed by atoms with Crippen LogP contribution < -0.4 is 24.4 Å².